The van der Waals surface area contributed by atoms with Gasteiger partial charge < -0.3 is 14.6 Å². The van der Waals surface area contributed by atoms with E-state index < -0.39 is 23.8 Å². The number of carbonyl (C=O) groups excluding carboxylic acids is 2. The fourth-order valence-corrected chi connectivity index (χ4v) is 4.54. The molecule has 23 heavy (non-hydrogen) atoms. The molecule has 3 aliphatic rings. The summed E-state index contributed by atoms with van der Waals surface area (Å²) in [7, 11) is 0. The van der Waals surface area contributed by atoms with E-state index in [9.17, 15) is 14.7 Å². The van der Waals surface area contributed by atoms with Crippen LogP contribution < -0.4 is 0 Å². The monoisotopic (exact) mass is 320 g/mol. The second kappa shape index (κ2) is 5.20. The number of hydrogen-bond donors (Lipinski definition) is 1. The standard InChI is InChI=1S/C18H24O5/c1-8-6-7-18(21)11(4)9(2)15(22-12(5)19)13-10(3)17(20)23-16(13)14(8)18/h6,10,13-16,21H,7H2,1-5H3/t10?,13?,14?,15-,16?,18+/m1/s1. The van der Waals surface area contributed by atoms with Crippen LogP contribution in [-0.4, -0.2) is 34.9 Å². The molecule has 6 atom stereocenters. The quantitative estimate of drug-likeness (QED) is 0.592. The molecule has 1 aliphatic heterocycles. The number of esters is 2. The van der Waals surface area contributed by atoms with Crippen molar-refractivity contribution < 1.29 is 24.2 Å². The lowest BCUT2D eigenvalue weighted by Gasteiger charge is -2.35. The van der Waals surface area contributed by atoms with Crippen LogP contribution in [0, 0.1) is 17.8 Å². The van der Waals surface area contributed by atoms with Gasteiger partial charge in [-0.25, -0.2) is 0 Å². The zero-order chi connectivity index (χ0) is 17.1. The van der Waals surface area contributed by atoms with Gasteiger partial charge in [-0.2, -0.15) is 0 Å². The first-order valence-corrected chi connectivity index (χ1v) is 8.13. The van der Waals surface area contributed by atoms with Crippen LogP contribution in [0.5, 0.6) is 0 Å². The van der Waals surface area contributed by atoms with Crippen molar-refractivity contribution in [3.05, 3.63) is 22.8 Å². The van der Waals surface area contributed by atoms with E-state index in [2.05, 4.69) is 0 Å². The van der Waals surface area contributed by atoms with Gasteiger partial charge in [0.2, 0.25) is 0 Å². The van der Waals surface area contributed by atoms with E-state index in [0.29, 0.717) is 6.42 Å². The van der Waals surface area contributed by atoms with Gasteiger partial charge in [0.25, 0.3) is 0 Å². The van der Waals surface area contributed by atoms with Crippen molar-refractivity contribution in [1.82, 2.24) is 0 Å². The van der Waals surface area contributed by atoms with Crippen LogP contribution in [0.2, 0.25) is 0 Å². The number of ether oxygens (including phenoxy) is 2. The average Bonchev–Trinajstić information content (AvgIpc) is 2.91. The van der Waals surface area contributed by atoms with Crippen molar-refractivity contribution >= 4 is 11.9 Å². The van der Waals surface area contributed by atoms with E-state index in [4.69, 9.17) is 9.47 Å². The smallest absolute Gasteiger partial charge is 0.309 e. The Hall–Kier alpha value is -1.62. The molecule has 0 aromatic carbocycles. The number of carbonyl (C=O) groups is 2. The third kappa shape index (κ3) is 2.17. The average molecular weight is 320 g/mol. The molecule has 0 bridgehead atoms. The summed E-state index contributed by atoms with van der Waals surface area (Å²) in [6, 6.07) is 0. The highest BCUT2D eigenvalue weighted by Gasteiger charge is 2.60. The molecule has 0 aromatic heterocycles. The van der Waals surface area contributed by atoms with Crippen LogP contribution in [0.15, 0.2) is 22.8 Å². The predicted molar refractivity (Wildman–Crippen MR) is 83.3 cm³/mol. The number of aliphatic hydroxyl groups is 1. The zero-order valence-electron chi connectivity index (χ0n) is 14.3. The Bertz CT molecular complexity index is 631. The summed E-state index contributed by atoms with van der Waals surface area (Å²) in [4.78, 5) is 23.8. The summed E-state index contributed by atoms with van der Waals surface area (Å²) in [5.41, 5.74) is 1.60. The summed E-state index contributed by atoms with van der Waals surface area (Å²) < 4.78 is 11.2. The molecular weight excluding hydrogens is 296 g/mol. The Labute approximate surface area is 136 Å². The minimum Gasteiger partial charge on any atom is -0.461 e. The lowest BCUT2D eigenvalue weighted by atomic mass is 9.75. The topological polar surface area (TPSA) is 72.8 Å². The first kappa shape index (κ1) is 16.2. The van der Waals surface area contributed by atoms with Gasteiger partial charge in [-0.05, 0) is 38.3 Å². The fourth-order valence-electron chi connectivity index (χ4n) is 4.54. The molecule has 126 valence electrons. The molecule has 5 nitrogen and oxygen atoms in total. The zero-order valence-corrected chi connectivity index (χ0v) is 14.3. The molecule has 0 amide bonds. The molecule has 0 radical (unpaired) electrons. The van der Waals surface area contributed by atoms with E-state index in [-0.39, 0.29) is 23.7 Å². The number of fused-ring (bicyclic) bond motifs is 3. The van der Waals surface area contributed by atoms with E-state index in [1.54, 1.807) is 0 Å². The molecule has 0 aromatic rings. The van der Waals surface area contributed by atoms with Gasteiger partial charge in [-0.1, -0.05) is 18.6 Å². The second-order valence-electron chi connectivity index (χ2n) is 7.16. The molecule has 1 saturated heterocycles. The first-order valence-electron chi connectivity index (χ1n) is 8.13. The van der Waals surface area contributed by atoms with Crippen molar-refractivity contribution in [2.45, 2.75) is 58.8 Å². The SMILES string of the molecule is CC(=O)O[C@@H]1C(C)=C(C)[C@@]2(O)CC=C(C)C2C2OC(=O)C(C)C21. The van der Waals surface area contributed by atoms with Crippen molar-refractivity contribution in [2.24, 2.45) is 17.8 Å². The van der Waals surface area contributed by atoms with Crippen molar-refractivity contribution in [3.63, 3.8) is 0 Å². The van der Waals surface area contributed by atoms with Gasteiger partial charge in [-0.15, -0.1) is 0 Å². The van der Waals surface area contributed by atoms with E-state index in [1.807, 2.05) is 33.8 Å². The Morgan fingerprint density at radius 1 is 1.39 bits per heavy atom. The van der Waals surface area contributed by atoms with Crippen molar-refractivity contribution in [1.29, 1.82) is 0 Å². The highest BCUT2D eigenvalue weighted by Crippen LogP contribution is 2.53. The molecule has 2 aliphatic carbocycles. The molecule has 4 unspecified atom stereocenters. The molecule has 5 heteroatoms. The summed E-state index contributed by atoms with van der Waals surface area (Å²) in [6.45, 7) is 8.91. The molecule has 0 spiro atoms. The van der Waals surface area contributed by atoms with Crippen molar-refractivity contribution in [3.8, 4) is 0 Å². The molecule has 3 rings (SSSR count). The normalized spacial score (nSPS) is 42.6. The van der Waals surface area contributed by atoms with Gasteiger partial charge in [0, 0.05) is 6.92 Å². The summed E-state index contributed by atoms with van der Waals surface area (Å²) in [6.07, 6.45) is 1.50. The van der Waals surface area contributed by atoms with E-state index >= 15 is 0 Å². The summed E-state index contributed by atoms with van der Waals surface area (Å²) >= 11 is 0. The molecule has 1 fully saturated rings. The van der Waals surface area contributed by atoms with Crippen LogP contribution in [0.4, 0.5) is 0 Å². The maximum absolute atomic E-state index is 12.2. The largest absolute Gasteiger partial charge is 0.461 e. The Morgan fingerprint density at radius 2 is 2.04 bits per heavy atom. The molecule has 0 saturated carbocycles. The number of hydrogen-bond acceptors (Lipinski definition) is 5. The van der Waals surface area contributed by atoms with Gasteiger partial charge >= 0.3 is 11.9 Å². The van der Waals surface area contributed by atoms with Crippen LogP contribution in [0.25, 0.3) is 0 Å². The number of rotatable bonds is 1. The maximum atomic E-state index is 12.2. The van der Waals surface area contributed by atoms with Gasteiger partial charge in [0.1, 0.15) is 12.2 Å². The maximum Gasteiger partial charge on any atom is 0.309 e. The van der Waals surface area contributed by atoms with E-state index in [1.165, 1.54) is 6.92 Å². The summed E-state index contributed by atoms with van der Waals surface area (Å²) in [5, 5.41) is 11.3. The Balaban J connectivity index is 2.17. The Morgan fingerprint density at radius 3 is 2.65 bits per heavy atom. The molecule has 1 N–H and O–H groups in total. The Kier molecular flexibility index (Phi) is 3.67. The minimum atomic E-state index is -1.07. The van der Waals surface area contributed by atoms with Crippen LogP contribution in [-0.2, 0) is 19.1 Å². The first-order chi connectivity index (χ1) is 10.7. The predicted octanol–water partition coefficient (Wildman–Crippen LogP) is 2.14. The third-order valence-corrected chi connectivity index (χ3v) is 5.96. The highest BCUT2D eigenvalue weighted by atomic mass is 16.6. The van der Waals surface area contributed by atoms with Gasteiger partial charge in [0.05, 0.1) is 23.4 Å². The van der Waals surface area contributed by atoms with Gasteiger partial charge in [0.15, 0.2) is 0 Å². The highest BCUT2D eigenvalue weighted by molar-refractivity contribution is 5.76. The van der Waals surface area contributed by atoms with E-state index in [0.717, 1.165) is 16.7 Å². The van der Waals surface area contributed by atoms with Crippen molar-refractivity contribution in [2.75, 3.05) is 0 Å². The molecule has 1 heterocycles. The minimum absolute atomic E-state index is 0.276. The van der Waals surface area contributed by atoms with Crippen LogP contribution >= 0.6 is 0 Å². The summed E-state index contributed by atoms with van der Waals surface area (Å²) in [5.74, 6) is -1.60. The second-order valence-corrected chi connectivity index (χ2v) is 7.16. The van der Waals surface area contributed by atoms with Crippen LogP contribution in [0.1, 0.15) is 41.0 Å². The fraction of sp³-hybridized carbons (Fsp3) is 0.667. The van der Waals surface area contributed by atoms with Gasteiger partial charge in [-0.3, -0.25) is 9.59 Å². The lowest BCUT2D eigenvalue weighted by Crippen LogP contribution is -2.45. The van der Waals surface area contributed by atoms with Crippen LogP contribution in [0.3, 0.4) is 0 Å². The lowest BCUT2D eigenvalue weighted by molar-refractivity contribution is -0.149. The third-order valence-electron chi connectivity index (χ3n) is 5.96. The molecular formula is C18H24O5.